The van der Waals surface area contributed by atoms with Gasteiger partial charge in [-0.3, -0.25) is 9.59 Å². The summed E-state index contributed by atoms with van der Waals surface area (Å²) in [5.41, 5.74) is -0.205. The fourth-order valence-electron chi connectivity index (χ4n) is 2.79. The van der Waals surface area contributed by atoms with Gasteiger partial charge in [0.25, 0.3) is 0 Å². The maximum absolute atomic E-state index is 12.2. The molecular weight excluding hydrogens is 292 g/mol. The summed E-state index contributed by atoms with van der Waals surface area (Å²) < 4.78 is 11.3. The lowest BCUT2D eigenvalue weighted by atomic mass is 9.89. The number of ether oxygens (including phenoxy) is 2. The lowest BCUT2D eigenvalue weighted by Crippen LogP contribution is -2.30. The quantitative estimate of drug-likeness (QED) is 0.589. The molecule has 4 atom stereocenters. The molecule has 0 saturated carbocycles. The van der Waals surface area contributed by atoms with Crippen LogP contribution < -0.4 is 0 Å². The molecule has 0 aliphatic heterocycles. The molecule has 0 aromatic rings. The number of carbonyl (C=O) groups is 2. The van der Waals surface area contributed by atoms with E-state index in [1.807, 2.05) is 62.3 Å². The van der Waals surface area contributed by atoms with Gasteiger partial charge in [0.1, 0.15) is 11.9 Å². The van der Waals surface area contributed by atoms with Crippen LogP contribution in [0, 0.1) is 17.8 Å². The number of ketones is 1. The molecule has 4 nitrogen and oxygen atoms in total. The number of hydrogen-bond acceptors (Lipinski definition) is 4. The first-order chi connectivity index (χ1) is 10.3. The summed E-state index contributed by atoms with van der Waals surface area (Å²) in [6.45, 7) is 17.4. The Morgan fingerprint density at radius 2 is 1.35 bits per heavy atom. The fourth-order valence-corrected chi connectivity index (χ4v) is 2.79. The van der Waals surface area contributed by atoms with Crippen LogP contribution in [-0.4, -0.2) is 29.6 Å². The molecule has 0 rings (SSSR count). The molecule has 0 aliphatic carbocycles. The third-order valence-electron chi connectivity index (χ3n) is 3.70. The molecule has 4 heteroatoms. The van der Waals surface area contributed by atoms with E-state index in [0.29, 0.717) is 12.8 Å². The van der Waals surface area contributed by atoms with Gasteiger partial charge >= 0.3 is 5.97 Å². The molecule has 0 fully saturated rings. The first-order valence-electron chi connectivity index (χ1n) is 8.75. The molecule has 0 saturated heterocycles. The Labute approximate surface area is 142 Å². The van der Waals surface area contributed by atoms with Crippen molar-refractivity contribution in [1.82, 2.24) is 0 Å². The monoisotopic (exact) mass is 328 g/mol. The van der Waals surface area contributed by atoms with Crippen LogP contribution in [0.1, 0.15) is 75.2 Å². The fraction of sp³-hybridized carbons (Fsp3) is 0.895. The second-order valence-corrected chi connectivity index (χ2v) is 8.12. The normalized spacial score (nSPS) is 17.5. The van der Waals surface area contributed by atoms with Crippen LogP contribution in [-0.2, 0) is 19.1 Å². The molecule has 4 unspecified atom stereocenters. The minimum atomic E-state index is -0.269. The molecule has 136 valence electrons. The van der Waals surface area contributed by atoms with E-state index < -0.39 is 0 Å². The lowest BCUT2D eigenvalue weighted by molar-refractivity contribution is -0.156. The molecule has 0 radical (unpaired) electrons. The van der Waals surface area contributed by atoms with Gasteiger partial charge in [0.15, 0.2) is 0 Å². The summed E-state index contributed by atoms with van der Waals surface area (Å²) in [5, 5.41) is 0. The predicted octanol–water partition coefficient (Wildman–Crippen LogP) is 4.40. The molecule has 0 heterocycles. The van der Waals surface area contributed by atoms with Crippen LogP contribution in [0.4, 0.5) is 0 Å². The van der Waals surface area contributed by atoms with Gasteiger partial charge in [0.05, 0.1) is 17.6 Å². The molecule has 0 amide bonds. The summed E-state index contributed by atoms with van der Waals surface area (Å²) in [6.07, 6.45) is 1.03. The van der Waals surface area contributed by atoms with E-state index in [-0.39, 0.29) is 47.3 Å². The third kappa shape index (κ3) is 9.75. The second-order valence-electron chi connectivity index (χ2n) is 8.12. The predicted molar refractivity (Wildman–Crippen MR) is 93.3 cm³/mol. The Morgan fingerprint density at radius 3 is 1.78 bits per heavy atom. The largest absolute Gasteiger partial charge is 0.462 e. The standard InChI is InChI=1S/C19H36O4/c1-12(2)17(20)13(3)10-14(4)18(21)22-15(5)11-16(6)23-19(7,8)9/h12-16H,10-11H2,1-9H3. The Balaban J connectivity index is 4.33. The van der Waals surface area contributed by atoms with Crippen molar-refractivity contribution >= 4 is 11.8 Å². The first kappa shape index (κ1) is 22.1. The highest BCUT2D eigenvalue weighted by Crippen LogP contribution is 2.20. The Kier molecular flexibility index (Phi) is 9.04. The highest BCUT2D eigenvalue weighted by atomic mass is 16.5. The Hall–Kier alpha value is -0.900. The maximum atomic E-state index is 12.2. The molecular formula is C19H36O4. The minimum absolute atomic E-state index is 0.00235. The van der Waals surface area contributed by atoms with Gasteiger partial charge in [0, 0.05) is 18.3 Å². The van der Waals surface area contributed by atoms with Gasteiger partial charge < -0.3 is 9.47 Å². The number of Topliss-reactive ketones (excluding diaryl/α,β-unsaturated/α-hetero) is 1. The minimum Gasteiger partial charge on any atom is -0.462 e. The van der Waals surface area contributed by atoms with E-state index in [9.17, 15) is 9.59 Å². The van der Waals surface area contributed by atoms with Gasteiger partial charge in [-0.2, -0.15) is 0 Å². The van der Waals surface area contributed by atoms with Crippen molar-refractivity contribution in [1.29, 1.82) is 0 Å². The molecule has 23 heavy (non-hydrogen) atoms. The van der Waals surface area contributed by atoms with Crippen LogP contribution in [0.15, 0.2) is 0 Å². The molecule has 0 aromatic heterocycles. The number of rotatable bonds is 9. The van der Waals surface area contributed by atoms with Gasteiger partial charge in [-0.15, -0.1) is 0 Å². The SMILES string of the molecule is CC(CC(C)OC(C)(C)C)OC(=O)C(C)CC(C)C(=O)C(C)C. The maximum Gasteiger partial charge on any atom is 0.308 e. The van der Waals surface area contributed by atoms with Crippen LogP contribution in [0.5, 0.6) is 0 Å². The molecule has 0 spiro atoms. The van der Waals surface area contributed by atoms with E-state index in [0.717, 1.165) is 0 Å². The van der Waals surface area contributed by atoms with Gasteiger partial charge in [0.2, 0.25) is 0 Å². The van der Waals surface area contributed by atoms with Crippen LogP contribution >= 0.6 is 0 Å². The van der Waals surface area contributed by atoms with Gasteiger partial charge in [-0.25, -0.2) is 0 Å². The molecule has 0 N–H and O–H groups in total. The number of esters is 1. The zero-order valence-corrected chi connectivity index (χ0v) is 16.4. The van der Waals surface area contributed by atoms with E-state index in [1.165, 1.54) is 0 Å². The van der Waals surface area contributed by atoms with Crippen LogP contribution in [0.2, 0.25) is 0 Å². The van der Waals surface area contributed by atoms with Crippen molar-refractivity contribution in [2.75, 3.05) is 0 Å². The third-order valence-corrected chi connectivity index (χ3v) is 3.70. The first-order valence-corrected chi connectivity index (χ1v) is 8.75. The van der Waals surface area contributed by atoms with Crippen molar-refractivity contribution in [3.63, 3.8) is 0 Å². The topological polar surface area (TPSA) is 52.6 Å². The van der Waals surface area contributed by atoms with E-state index in [2.05, 4.69) is 0 Å². The number of carbonyl (C=O) groups excluding carboxylic acids is 2. The molecule has 0 bridgehead atoms. The van der Waals surface area contributed by atoms with Crippen molar-refractivity contribution in [2.24, 2.45) is 17.8 Å². The highest BCUT2D eigenvalue weighted by molar-refractivity contribution is 5.83. The lowest BCUT2D eigenvalue weighted by Gasteiger charge is -2.27. The summed E-state index contributed by atoms with van der Waals surface area (Å²) in [5.74, 6) is -0.415. The average molecular weight is 328 g/mol. The van der Waals surface area contributed by atoms with Gasteiger partial charge in [-0.1, -0.05) is 27.7 Å². The smallest absolute Gasteiger partial charge is 0.308 e. The highest BCUT2D eigenvalue weighted by Gasteiger charge is 2.25. The Morgan fingerprint density at radius 1 is 0.826 bits per heavy atom. The van der Waals surface area contributed by atoms with Crippen molar-refractivity contribution in [3.8, 4) is 0 Å². The van der Waals surface area contributed by atoms with E-state index >= 15 is 0 Å². The van der Waals surface area contributed by atoms with Crippen LogP contribution in [0.3, 0.4) is 0 Å². The Bertz CT molecular complexity index is 381. The zero-order valence-electron chi connectivity index (χ0n) is 16.4. The molecule has 0 aromatic carbocycles. The van der Waals surface area contributed by atoms with E-state index in [1.54, 1.807) is 0 Å². The van der Waals surface area contributed by atoms with E-state index in [4.69, 9.17) is 9.47 Å². The average Bonchev–Trinajstić information content (AvgIpc) is 2.34. The van der Waals surface area contributed by atoms with Crippen LogP contribution in [0.25, 0.3) is 0 Å². The second kappa shape index (κ2) is 9.41. The zero-order chi connectivity index (χ0) is 18.4. The van der Waals surface area contributed by atoms with Crippen molar-refractivity contribution < 1.29 is 19.1 Å². The summed E-state index contributed by atoms with van der Waals surface area (Å²) in [4.78, 5) is 24.1. The van der Waals surface area contributed by atoms with Crippen molar-refractivity contribution in [2.45, 2.75) is 93.0 Å². The number of hydrogen-bond donors (Lipinski definition) is 0. The van der Waals surface area contributed by atoms with Crippen molar-refractivity contribution in [3.05, 3.63) is 0 Å². The summed E-state index contributed by atoms with van der Waals surface area (Å²) >= 11 is 0. The van der Waals surface area contributed by atoms with Gasteiger partial charge in [-0.05, 0) is 41.0 Å². The summed E-state index contributed by atoms with van der Waals surface area (Å²) in [6, 6.07) is 0. The summed E-state index contributed by atoms with van der Waals surface area (Å²) in [7, 11) is 0. The molecule has 0 aliphatic rings.